The molecule has 0 fully saturated rings. The number of halogens is 2. The lowest BCUT2D eigenvalue weighted by Gasteiger charge is -2.09. The van der Waals surface area contributed by atoms with E-state index in [-0.39, 0.29) is 0 Å². The number of nitrogens with one attached hydrogen (secondary N) is 1. The molecular formula is C10H12F2N2O3S. The first-order valence-electron chi connectivity index (χ1n) is 5.00. The Morgan fingerprint density at radius 1 is 1.56 bits per heavy atom. The van der Waals surface area contributed by atoms with Gasteiger partial charge in [0.1, 0.15) is 0 Å². The van der Waals surface area contributed by atoms with Gasteiger partial charge in [0, 0.05) is 30.1 Å². The predicted molar refractivity (Wildman–Crippen MR) is 66.6 cm³/mol. The summed E-state index contributed by atoms with van der Waals surface area (Å²) in [5.41, 5.74) is 0.0241. The molecular weight excluding hydrogens is 266 g/mol. The first-order chi connectivity index (χ1) is 8.54. The zero-order valence-corrected chi connectivity index (χ0v) is 10.4. The molecule has 0 saturated heterocycles. The predicted octanol–water partition coefficient (Wildman–Crippen LogP) is 2.97. The van der Waals surface area contributed by atoms with Crippen molar-refractivity contribution in [2.75, 3.05) is 23.9 Å². The van der Waals surface area contributed by atoms with Gasteiger partial charge in [-0.1, -0.05) is 0 Å². The molecule has 0 atom stereocenters. The lowest BCUT2D eigenvalue weighted by Crippen LogP contribution is -2.07. The van der Waals surface area contributed by atoms with E-state index in [1.54, 1.807) is 11.8 Å². The number of anilines is 1. The number of rotatable bonds is 7. The molecule has 0 aliphatic carbocycles. The topological polar surface area (TPSA) is 64.4 Å². The quantitative estimate of drug-likeness (QED) is 0.472. The summed E-state index contributed by atoms with van der Waals surface area (Å²) in [5.74, 6) is 0.395. The molecule has 0 heterocycles. The largest absolute Gasteiger partial charge is 0.427 e. The van der Waals surface area contributed by atoms with Gasteiger partial charge in [-0.3, -0.25) is 10.1 Å². The molecule has 100 valence electrons. The number of nitrogens with zero attached hydrogens (tertiary/aromatic N) is 1. The molecule has 0 bridgehead atoms. The molecule has 1 aromatic rings. The lowest BCUT2D eigenvalue weighted by atomic mass is 10.2. The molecule has 0 unspecified atom stereocenters. The molecule has 0 aliphatic rings. The van der Waals surface area contributed by atoms with E-state index in [9.17, 15) is 18.9 Å². The van der Waals surface area contributed by atoms with Crippen LogP contribution in [0.15, 0.2) is 18.2 Å². The molecule has 0 saturated carbocycles. The van der Waals surface area contributed by atoms with Crippen LogP contribution in [0, 0.1) is 10.1 Å². The van der Waals surface area contributed by atoms with E-state index in [1.165, 1.54) is 12.1 Å². The van der Waals surface area contributed by atoms with Gasteiger partial charge in [-0.2, -0.15) is 20.5 Å². The maximum Gasteiger partial charge on any atom is 0.387 e. The maximum atomic E-state index is 12.1. The van der Waals surface area contributed by atoms with Crippen LogP contribution in [0.4, 0.5) is 20.2 Å². The monoisotopic (exact) mass is 278 g/mol. The molecule has 0 aromatic heterocycles. The molecule has 1 N–H and O–H groups in total. The minimum atomic E-state index is -3.09. The van der Waals surface area contributed by atoms with Gasteiger partial charge in [-0.15, -0.1) is 0 Å². The first kappa shape index (κ1) is 14.5. The molecule has 1 aromatic carbocycles. The third kappa shape index (κ3) is 4.36. The van der Waals surface area contributed by atoms with Crippen molar-refractivity contribution in [3.05, 3.63) is 28.3 Å². The zero-order chi connectivity index (χ0) is 13.5. The molecule has 5 nitrogen and oxygen atoms in total. The minimum absolute atomic E-state index is 0.441. The molecule has 18 heavy (non-hydrogen) atoms. The number of ether oxygens (including phenoxy) is 1. The van der Waals surface area contributed by atoms with Crippen LogP contribution in [0.3, 0.4) is 0 Å². The lowest BCUT2D eigenvalue weighted by molar-refractivity contribution is -0.386. The number of nitro groups is 1. The highest BCUT2D eigenvalue weighted by molar-refractivity contribution is 7.98. The highest BCUT2D eigenvalue weighted by atomic mass is 32.2. The molecule has 0 radical (unpaired) electrons. The second-order valence-electron chi connectivity index (χ2n) is 3.24. The van der Waals surface area contributed by atoms with E-state index in [1.807, 2.05) is 6.26 Å². The van der Waals surface area contributed by atoms with Gasteiger partial charge < -0.3 is 10.1 Å². The molecule has 1 rings (SSSR count). The van der Waals surface area contributed by atoms with E-state index < -0.39 is 23.0 Å². The number of hydrogen-bond donors (Lipinski definition) is 1. The van der Waals surface area contributed by atoms with Gasteiger partial charge in [-0.25, -0.2) is 0 Å². The van der Waals surface area contributed by atoms with Crippen LogP contribution in [0.5, 0.6) is 5.75 Å². The second-order valence-corrected chi connectivity index (χ2v) is 4.22. The fraction of sp³-hybridized carbons (Fsp3) is 0.400. The smallest absolute Gasteiger partial charge is 0.387 e. The van der Waals surface area contributed by atoms with Gasteiger partial charge in [-0.05, 0) is 12.3 Å². The highest BCUT2D eigenvalue weighted by Crippen LogP contribution is 2.31. The Balaban J connectivity index is 2.87. The number of benzene rings is 1. The Bertz CT molecular complexity index is 418. The van der Waals surface area contributed by atoms with Crippen LogP contribution in [-0.2, 0) is 0 Å². The van der Waals surface area contributed by atoms with Crippen molar-refractivity contribution in [1.29, 1.82) is 0 Å². The Kier molecular flexibility index (Phi) is 5.63. The van der Waals surface area contributed by atoms with Crippen LogP contribution in [0.25, 0.3) is 0 Å². The summed E-state index contributed by atoms with van der Waals surface area (Å²) >= 11 is 1.62. The van der Waals surface area contributed by atoms with Crippen LogP contribution >= 0.6 is 11.8 Å². The Hall–Kier alpha value is -1.57. The van der Waals surface area contributed by atoms with E-state index in [0.29, 0.717) is 12.2 Å². The Labute approximate surface area is 107 Å². The van der Waals surface area contributed by atoms with Gasteiger partial charge in [0.2, 0.25) is 5.75 Å². The third-order valence-electron chi connectivity index (χ3n) is 2.01. The summed E-state index contributed by atoms with van der Waals surface area (Å²) in [6, 6.07) is 3.79. The summed E-state index contributed by atoms with van der Waals surface area (Å²) in [5, 5.41) is 13.6. The highest BCUT2D eigenvalue weighted by Gasteiger charge is 2.18. The van der Waals surface area contributed by atoms with Crippen LogP contribution in [-0.4, -0.2) is 30.1 Å². The molecule has 8 heteroatoms. The van der Waals surface area contributed by atoms with Gasteiger partial charge in [0.25, 0.3) is 0 Å². The van der Waals surface area contributed by atoms with Gasteiger partial charge in [0.05, 0.1) is 4.92 Å². The van der Waals surface area contributed by atoms with Gasteiger partial charge >= 0.3 is 12.3 Å². The van der Waals surface area contributed by atoms with Crippen molar-refractivity contribution in [2.24, 2.45) is 0 Å². The number of nitro benzene ring substituents is 1. The SMILES string of the molecule is CSCCNc1ccc([N+](=O)[O-])c(OC(F)F)c1. The van der Waals surface area contributed by atoms with Crippen LogP contribution in [0.2, 0.25) is 0 Å². The van der Waals surface area contributed by atoms with E-state index in [0.717, 1.165) is 11.8 Å². The van der Waals surface area contributed by atoms with Crippen LogP contribution in [0.1, 0.15) is 0 Å². The molecule has 0 spiro atoms. The maximum absolute atomic E-state index is 12.1. The number of hydrogen-bond acceptors (Lipinski definition) is 5. The summed E-state index contributed by atoms with van der Waals surface area (Å²) < 4.78 is 28.4. The van der Waals surface area contributed by atoms with Crippen LogP contribution < -0.4 is 10.1 Å². The van der Waals surface area contributed by atoms with Crippen molar-refractivity contribution in [1.82, 2.24) is 0 Å². The fourth-order valence-corrected chi connectivity index (χ4v) is 1.57. The van der Waals surface area contributed by atoms with Crippen molar-refractivity contribution < 1.29 is 18.4 Å². The first-order valence-corrected chi connectivity index (χ1v) is 6.40. The van der Waals surface area contributed by atoms with Gasteiger partial charge in [0.15, 0.2) is 0 Å². The molecule has 0 amide bonds. The normalized spacial score (nSPS) is 10.4. The standard InChI is InChI=1S/C10H12F2N2O3S/c1-18-5-4-13-7-2-3-8(14(15)16)9(6-7)17-10(11)12/h2-3,6,10,13H,4-5H2,1H3. The van der Waals surface area contributed by atoms with E-state index >= 15 is 0 Å². The summed E-state index contributed by atoms with van der Waals surface area (Å²) in [6.45, 7) is -2.46. The molecule has 0 aliphatic heterocycles. The average molecular weight is 278 g/mol. The Morgan fingerprint density at radius 2 is 2.28 bits per heavy atom. The summed E-state index contributed by atoms with van der Waals surface area (Å²) in [4.78, 5) is 9.87. The Morgan fingerprint density at radius 3 is 2.83 bits per heavy atom. The number of alkyl halides is 2. The van der Waals surface area contributed by atoms with E-state index in [4.69, 9.17) is 0 Å². The third-order valence-corrected chi connectivity index (χ3v) is 2.62. The van der Waals surface area contributed by atoms with Crippen molar-refractivity contribution in [3.8, 4) is 5.75 Å². The van der Waals surface area contributed by atoms with Crippen molar-refractivity contribution in [3.63, 3.8) is 0 Å². The van der Waals surface area contributed by atoms with Crippen molar-refractivity contribution >= 4 is 23.1 Å². The fourth-order valence-electron chi connectivity index (χ4n) is 1.26. The summed E-state index contributed by atoms with van der Waals surface area (Å²) in [7, 11) is 0. The van der Waals surface area contributed by atoms with Crippen molar-refractivity contribution in [2.45, 2.75) is 6.61 Å². The summed E-state index contributed by atoms with van der Waals surface area (Å²) in [6.07, 6.45) is 1.93. The number of thioether (sulfide) groups is 1. The second kappa shape index (κ2) is 7.00. The average Bonchev–Trinajstić information content (AvgIpc) is 2.28. The van der Waals surface area contributed by atoms with E-state index in [2.05, 4.69) is 10.1 Å². The minimum Gasteiger partial charge on any atom is -0.427 e. The zero-order valence-electron chi connectivity index (χ0n) is 9.56.